The molecular weight excluding hydrogens is 394 g/mol. The number of fused-ring (bicyclic) bond motifs is 1. The molecule has 3 rings (SSSR count). The fourth-order valence-corrected chi connectivity index (χ4v) is 3.63. The molecule has 0 aromatic heterocycles. The number of carbonyl (C=O) groups is 2. The van der Waals surface area contributed by atoms with Crippen LogP contribution in [0.5, 0.6) is 11.5 Å². The Balaban J connectivity index is 1.93. The van der Waals surface area contributed by atoms with Gasteiger partial charge < -0.3 is 19.9 Å². The van der Waals surface area contributed by atoms with Crippen LogP contribution in [-0.4, -0.2) is 25.3 Å². The van der Waals surface area contributed by atoms with E-state index in [2.05, 4.69) is 58.4 Å². The van der Waals surface area contributed by atoms with Crippen molar-refractivity contribution in [2.45, 2.75) is 58.3 Å². The monoisotopic (exact) mass is 425 g/mol. The van der Waals surface area contributed by atoms with Crippen molar-refractivity contribution in [1.82, 2.24) is 0 Å². The Morgan fingerprint density at radius 1 is 1.00 bits per heavy atom. The maximum absolute atomic E-state index is 12.9. The molecule has 0 aliphatic carbocycles. The predicted molar refractivity (Wildman–Crippen MR) is 119 cm³/mol. The van der Waals surface area contributed by atoms with Crippen molar-refractivity contribution in [1.29, 1.82) is 0 Å². The topological polar surface area (TPSA) is 87.8 Å². The van der Waals surface area contributed by atoms with Crippen LogP contribution < -0.4 is 15.2 Å². The van der Waals surface area contributed by atoms with E-state index in [9.17, 15) is 9.59 Å². The smallest absolute Gasteiger partial charge is 0.404 e. The number of ether oxygens (including phenoxy) is 3. The first-order valence-corrected chi connectivity index (χ1v) is 10.4. The van der Waals surface area contributed by atoms with Crippen LogP contribution in [-0.2, 0) is 20.4 Å². The first kappa shape index (κ1) is 22.7. The highest BCUT2D eigenvalue weighted by atomic mass is 16.6. The summed E-state index contributed by atoms with van der Waals surface area (Å²) in [6, 6.07) is 11.6. The van der Waals surface area contributed by atoms with E-state index in [1.54, 1.807) is 12.1 Å². The lowest BCUT2D eigenvalue weighted by atomic mass is 9.77. The minimum atomic E-state index is -0.832. The van der Waals surface area contributed by atoms with Crippen molar-refractivity contribution in [3.8, 4) is 11.5 Å². The molecule has 1 atom stereocenters. The summed E-state index contributed by atoms with van der Waals surface area (Å²) in [6.07, 6.45) is -0.832. The summed E-state index contributed by atoms with van der Waals surface area (Å²) in [5.41, 5.74) is 8.67. The molecule has 1 amide bonds. The Labute approximate surface area is 183 Å². The van der Waals surface area contributed by atoms with Gasteiger partial charge in [0, 0.05) is 11.1 Å². The standard InChI is InChI=1S/C25H31NO5/c1-24(2,3)16-13-18-20(22(27)31-21(18)19(14-16)25(4,5)6)15-7-9-17(10-8-15)29-11-12-30-23(26)28/h7-10,13-14,20H,11-12H2,1-6H3,(H2,26,28). The summed E-state index contributed by atoms with van der Waals surface area (Å²) in [7, 11) is 0. The van der Waals surface area contributed by atoms with Crippen molar-refractivity contribution >= 4 is 12.1 Å². The van der Waals surface area contributed by atoms with Crippen LogP contribution in [0, 0.1) is 0 Å². The molecule has 6 nitrogen and oxygen atoms in total. The number of benzene rings is 2. The van der Waals surface area contributed by atoms with E-state index in [0.29, 0.717) is 11.5 Å². The average Bonchev–Trinajstić information content (AvgIpc) is 2.99. The van der Waals surface area contributed by atoms with Crippen molar-refractivity contribution in [3.63, 3.8) is 0 Å². The van der Waals surface area contributed by atoms with E-state index in [4.69, 9.17) is 15.2 Å². The first-order chi connectivity index (χ1) is 14.4. The summed E-state index contributed by atoms with van der Waals surface area (Å²) in [4.78, 5) is 23.5. The molecule has 1 unspecified atom stereocenters. The van der Waals surface area contributed by atoms with E-state index < -0.39 is 12.0 Å². The molecule has 0 saturated carbocycles. The number of amides is 1. The molecule has 1 aliphatic rings. The largest absolute Gasteiger partial charge is 0.490 e. The van der Waals surface area contributed by atoms with Crippen LogP contribution in [0.4, 0.5) is 4.79 Å². The molecule has 0 saturated heterocycles. The average molecular weight is 426 g/mol. The molecule has 31 heavy (non-hydrogen) atoms. The second-order valence-corrected chi connectivity index (χ2v) is 9.88. The number of carbonyl (C=O) groups excluding carboxylic acids is 2. The van der Waals surface area contributed by atoms with Gasteiger partial charge in [0.1, 0.15) is 30.6 Å². The van der Waals surface area contributed by atoms with Crippen LogP contribution in [0.15, 0.2) is 36.4 Å². The van der Waals surface area contributed by atoms with E-state index in [0.717, 1.165) is 16.7 Å². The van der Waals surface area contributed by atoms with E-state index >= 15 is 0 Å². The predicted octanol–water partition coefficient (Wildman–Crippen LogP) is 4.81. The van der Waals surface area contributed by atoms with Crippen molar-refractivity contribution < 1.29 is 23.8 Å². The molecular formula is C25H31NO5. The number of hydrogen-bond acceptors (Lipinski definition) is 5. The van der Waals surface area contributed by atoms with Crippen LogP contribution in [0.3, 0.4) is 0 Å². The molecule has 0 fully saturated rings. The van der Waals surface area contributed by atoms with Crippen molar-refractivity contribution in [2.24, 2.45) is 5.73 Å². The molecule has 1 heterocycles. The van der Waals surface area contributed by atoms with Gasteiger partial charge >= 0.3 is 12.1 Å². The molecule has 1 aliphatic heterocycles. The van der Waals surface area contributed by atoms with E-state index in [1.165, 1.54) is 5.56 Å². The van der Waals surface area contributed by atoms with Crippen LogP contribution >= 0.6 is 0 Å². The molecule has 2 N–H and O–H groups in total. The normalized spacial score (nSPS) is 15.9. The summed E-state index contributed by atoms with van der Waals surface area (Å²) in [6.45, 7) is 13.2. The Morgan fingerprint density at radius 3 is 2.19 bits per heavy atom. The van der Waals surface area contributed by atoms with E-state index in [1.807, 2.05) is 12.1 Å². The Hall–Kier alpha value is -3.02. The van der Waals surface area contributed by atoms with Gasteiger partial charge in [0.15, 0.2) is 0 Å². The Morgan fingerprint density at radius 2 is 1.65 bits per heavy atom. The fourth-order valence-electron chi connectivity index (χ4n) is 3.63. The van der Waals surface area contributed by atoms with Crippen LogP contribution in [0.2, 0.25) is 0 Å². The Bertz CT molecular complexity index is 981. The molecule has 0 radical (unpaired) electrons. The quantitative estimate of drug-likeness (QED) is 0.422. The summed E-state index contributed by atoms with van der Waals surface area (Å²) >= 11 is 0. The molecule has 2 aromatic carbocycles. The van der Waals surface area contributed by atoms with Gasteiger partial charge in [0.25, 0.3) is 0 Å². The summed E-state index contributed by atoms with van der Waals surface area (Å²) in [5, 5.41) is 0. The van der Waals surface area contributed by atoms with Gasteiger partial charge in [-0.25, -0.2) is 4.79 Å². The van der Waals surface area contributed by atoms with Gasteiger partial charge in [-0.1, -0.05) is 65.8 Å². The number of nitrogens with two attached hydrogens (primary N) is 1. The highest BCUT2D eigenvalue weighted by molar-refractivity contribution is 5.90. The zero-order chi connectivity index (χ0) is 23.0. The van der Waals surface area contributed by atoms with Crippen molar-refractivity contribution in [2.75, 3.05) is 13.2 Å². The molecule has 2 aromatic rings. The van der Waals surface area contributed by atoms with Gasteiger partial charge in [0.2, 0.25) is 0 Å². The number of rotatable bonds is 5. The second kappa shape index (κ2) is 8.25. The molecule has 6 heteroatoms. The van der Waals surface area contributed by atoms with Crippen molar-refractivity contribution in [3.05, 3.63) is 58.7 Å². The van der Waals surface area contributed by atoms with Gasteiger partial charge in [-0.15, -0.1) is 0 Å². The summed E-state index contributed by atoms with van der Waals surface area (Å²) in [5.74, 6) is 0.544. The maximum Gasteiger partial charge on any atom is 0.404 e. The third-order valence-electron chi connectivity index (χ3n) is 5.35. The van der Waals surface area contributed by atoms with Crippen LogP contribution in [0.1, 0.15) is 69.7 Å². The lowest BCUT2D eigenvalue weighted by Gasteiger charge is -2.27. The molecule has 0 spiro atoms. The van der Waals surface area contributed by atoms with Gasteiger partial charge in [0.05, 0.1) is 0 Å². The molecule has 0 bridgehead atoms. The zero-order valence-corrected chi connectivity index (χ0v) is 19.1. The summed E-state index contributed by atoms with van der Waals surface area (Å²) < 4.78 is 16.0. The number of primary amides is 1. The highest BCUT2D eigenvalue weighted by Crippen LogP contribution is 2.47. The van der Waals surface area contributed by atoms with Gasteiger partial charge in [-0.3, -0.25) is 4.79 Å². The van der Waals surface area contributed by atoms with Gasteiger partial charge in [-0.2, -0.15) is 0 Å². The van der Waals surface area contributed by atoms with Crippen LogP contribution in [0.25, 0.3) is 0 Å². The minimum absolute atomic E-state index is 0.0596. The third-order valence-corrected chi connectivity index (χ3v) is 5.35. The lowest BCUT2D eigenvalue weighted by molar-refractivity contribution is -0.133. The SMILES string of the molecule is CC(C)(C)c1cc2c(c(C(C)(C)C)c1)OC(=O)C2c1ccc(OCCOC(N)=O)cc1. The highest BCUT2D eigenvalue weighted by Gasteiger charge is 2.39. The number of esters is 1. The maximum atomic E-state index is 12.9. The third kappa shape index (κ3) is 5.01. The first-order valence-electron chi connectivity index (χ1n) is 10.4. The zero-order valence-electron chi connectivity index (χ0n) is 19.1. The fraction of sp³-hybridized carbons (Fsp3) is 0.440. The number of hydrogen-bond donors (Lipinski definition) is 1. The Kier molecular flexibility index (Phi) is 6.03. The molecule has 166 valence electrons. The van der Waals surface area contributed by atoms with Gasteiger partial charge in [-0.05, 0) is 34.1 Å². The minimum Gasteiger partial charge on any atom is -0.490 e. The lowest BCUT2D eigenvalue weighted by Crippen LogP contribution is -2.17. The second-order valence-electron chi connectivity index (χ2n) is 9.88. The van der Waals surface area contributed by atoms with E-state index in [-0.39, 0.29) is 30.0 Å².